The molecule has 6 heteroatoms. The van der Waals surface area contributed by atoms with Crippen molar-refractivity contribution in [3.8, 4) is 0 Å². The predicted molar refractivity (Wildman–Crippen MR) is 90.5 cm³/mol. The Kier molecular flexibility index (Phi) is 3.61. The van der Waals surface area contributed by atoms with Crippen molar-refractivity contribution in [1.29, 1.82) is 0 Å². The fraction of sp³-hybridized carbons (Fsp3) is 0.562. The van der Waals surface area contributed by atoms with Crippen molar-refractivity contribution in [2.75, 3.05) is 5.75 Å². The number of hydrogen-bond acceptors (Lipinski definition) is 5. The van der Waals surface area contributed by atoms with Crippen molar-refractivity contribution in [2.45, 2.75) is 50.0 Å². The van der Waals surface area contributed by atoms with Gasteiger partial charge in [-0.3, -0.25) is 4.79 Å². The third-order valence-electron chi connectivity index (χ3n) is 4.43. The van der Waals surface area contributed by atoms with Gasteiger partial charge in [-0.1, -0.05) is 18.7 Å². The Hall–Kier alpha value is -1.14. The van der Waals surface area contributed by atoms with Crippen LogP contribution in [0.3, 0.4) is 0 Å². The summed E-state index contributed by atoms with van der Waals surface area (Å²) in [6.45, 7) is 2.32. The van der Waals surface area contributed by atoms with Gasteiger partial charge in [0, 0.05) is 16.2 Å². The average Bonchev–Trinajstić information content (AvgIpc) is 3.25. The smallest absolute Gasteiger partial charge is 0.227 e. The Morgan fingerprint density at radius 3 is 2.91 bits per heavy atom. The number of primary amides is 1. The fourth-order valence-corrected chi connectivity index (χ4v) is 5.35. The van der Waals surface area contributed by atoms with Crippen LogP contribution in [-0.2, 0) is 17.6 Å². The summed E-state index contributed by atoms with van der Waals surface area (Å²) in [4.78, 5) is 23.4. The van der Waals surface area contributed by atoms with Gasteiger partial charge in [0.15, 0.2) is 0 Å². The van der Waals surface area contributed by atoms with Gasteiger partial charge in [-0.05, 0) is 43.6 Å². The Bertz CT molecular complexity index is 751. The maximum Gasteiger partial charge on any atom is 0.227 e. The van der Waals surface area contributed by atoms with Gasteiger partial charge in [0.2, 0.25) is 5.91 Å². The van der Waals surface area contributed by atoms with E-state index in [2.05, 4.69) is 6.92 Å². The van der Waals surface area contributed by atoms with Crippen molar-refractivity contribution in [3.63, 3.8) is 0 Å². The molecule has 0 bridgehead atoms. The van der Waals surface area contributed by atoms with Gasteiger partial charge >= 0.3 is 0 Å². The minimum atomic E-state index is -0.289. The number of fused-ring (bicyclic) bond motifs is 3. The summed E-state index contributed by atoms with van der Waals surface area (Å²) in [6, 6.07) is 0. The van der Waals surface area contributed by atoms with Crippen LogP contribution in [0.25, 0.3) is 10.2 Å². The van der Waals surface area contributed by atoms with E-state index >= 15 is 0 Å². The van der Waals surface area contributed by atoms with Crippen molar-refractivity contribution < 1.29 is 4.79 Å². The summed E-state index contributed by atoms with van der Waals surface area (Å²) < 4.78 is 0. The van der Waals surface area contributed by atoms with E-state index in [1.54, 1.807) is 0 Å². The van der Waals surface area contributed by atoms with Gasteiger partial charge < -0.3 is 5.73 Å². The highest BCUT2D eigenvalue weighted by atomic mass is 32.2. The topological polar surface area (TPSA) is 68.9 Å². The summed E-state index contributed by atoms with van der Waals surface area (Å²) in [5.41, 5.74) is 6.75. The summed E-state index contributed by atoms with van der Waals surface area (Å²) in [5, 5.41) is 2.17. The number of aryl methyl sites for hydroxylation is 1. The van der Waals surface area contributed by atoms with Gasteiger partial charge in [0.05, 0.1) is 5.75 Å². The molecule has 4 rings (SSSR count). The van der Waals surface area contributed by atoms with Crippen LogP contribution in [0.2, 0.25) is 0 Å². The highest BCUT2D eigenvalue weighted by molar-refractivity contribution is 8.00. The van der Waals surface area contributed by atoms with E-state index < -0.39 is 0 Å². The predicted octanol–water partition coefficient (Wildman–Crippen LogP) is 3.27. The molecule has 2 aliphatic rings. The number of amides is 1. The molecule has 1 fully saturated rings. The van der Waals surface area contributed by atoms with Crippen LogP contribution in [-0.4, -0.2) is 21.6 Å². The average molecular weight is 333 g/mol. The first-order valence-electron chi connectivity index (χ1n) is 7.85. The molecule has 0 saturated heterocycles. The molecule has 2 aromatic rings. The number of nitrogens with zero attached hydrogens (tertiary/aromatic N) is 2. The number of nitrogens with two attached hydrogens (primary N) is 1. The van der Waals surface area contributed by atoms with E-state index in [-0.39, 0.29) is 11.7 Å². The minimum Gasteiger partial charge on any atom is -0.369 e. The number of thiophene rings is 1. The molecular weight excluding hydrogens is 314 g/mol. The fourth-order valence-electron chi connectivity index (χ4n) is 3.09. The van der Waals surface area contributed by atoms with Crippen LogP contribution in [0, 0.1) is 5.92 Å². The largest absolute Gasteiger partial charge is 0.369 e. The van der Waals surface area contributed by atoms with Crippen LogP contribution in [0.5, 0.6) is 0 Å². The molecular formula is C16H19N3OS2. The highest BCUT2D eigenvalue weighted by Gasteiger charge is 2.30. The maximum absolute atomic E-state index is 11.2. The summed E-state index contributed by atoms with van der Waals surface area (Å²) in [6.07, 6.45) is 5.85. The normalized spacial score (nSPS) is 21.0. The number of thioether (sulfide) groups is 1. The van der Waals surface area contributed by atoms with Crippen molar-refractivity contribution in [2.24, 2.45) is 11.7 Å². The van der Waals surface area contributed by atoms with Crippen molar-refractivity contribution in [3.05, 3.63) is 16.3 Å². The molecule has 0 aliphatic heterocycles. The van der Waals surface area contributed by atoms with Crippen LogP contribution in [0.4, 0.5) is 0 Å². The Labute approximate surface area is 137 Å². The Balaban J connectivity index is 1.83. The summed E-state index contributed by atoms with van der Waals surface area (Å²) >= 11 is 3.31. The zero-order valence-corrected chi connectivity index (χ0v) is 14.2. The molecule has 2 heterocycles. The number of aromatic nitrogens is 2. The molecule has 1 saturated carbocycles. The minimum absolute atomic E-state index is 0.289. The summed E-state index contributed by atoms with van der Waals surface area (Å²) in [7, 11) is 0. The molecule has 0 radical (unpaired) electrons. The van der Waals surface area contributed by atoms with E-state index in [1.165, 1.54) is 46.9 Å². The lowest BCUT2D eigenvalue weighted by Gasteiger charge is -2.18. The first kappa shape index (κ1) is 14.5. The molecule has 0 aromatic carbocycles. The maximum atomic E-state index is 11.2. The molecule has 1 atom stereocenters. The molecule has 1 unspecified atom stereocenters. The van der Waals surface area contributed by atoms with E-state index in [1.807, 2.05) is 11.3 Å². The van der Waals surface area contributed by atoms with Gasteiger partial charge in [0.1, 0.15) is 15.7 Å². The Morgan fingerprint density at radius 1 is 1.36 bits per heavy atom. The first-order valence-corrected chi connectivity index (χ1v) is 9.65. The number of carbonyl (C=O) groups excluding carboxylic acids is 1. The van der Waals surface area contributed by atoms with Gasteiger partial charge in [0.25, 0.3) is 0 Å². The first-order chi connectivity index (χ1) is 10.6. The van der Waals surface area contributed by atoms with Gasteiger partial charge in [-0.15, -0.1) is 11.3 Å². The van der Waals surface area contributed by atoms with Crippen molar-refractivity contribution >= 4 is 39.2 Å². The molecule has 1 amide bonds. The molecule has 4 nitrogen and oxygen atoms in total. The van der Waals surface area contributed by atoms with Crippen LogP contribution in [0.15, 0.2) is 5.03 Å². The third kappa shape index (κ3) is 2.63. The molecule has 2 N–H and O–H groups in total. The Morgan fingerprint density at radius 2 is 2.18 bits per heavy atom. The molecule has 2 aliphatic carbocycles. The zero-order valence-electron chi connectivity index (χ0n) is 12.6. The zero-order chi connectivity index (χ0) is 15.3. The standard InChI is InChI=1S/C16H19N3OS2/c1-8-2-5-10-11(6-8)22-16-13(10)15(21-7-12(17)20)18-14(19-16)9-3-4-9/h8-9H,2-7H2,1H3,(H2,17,20). The molecule has 0 spiro atoms. The number of hydrogen-bond donors (Lipinski definition) is 1. The van der Waals surface area contributed by atoms with Crippen molar-refractivity contribution in [1.82, 2.24) is 9.97 Å². The van der Waals surface area contributed by atoms with E-state index in [0.717, 1.165) is 34.4 Å². The van der Waals surface area contributed by atoms with Gasteiger partial charge in [-0.2, -0.15) is 0 Å². The molecule has 116 valence electrons. The van der Waals surface area contributed by atoms with E-state index in [9.17, 15) is 4.79 Å². The number of rotatable bonds is 4. The second kappa shape index (κ2) is 5.49. The third-order valence-corrected chi connectivity index (χ3v) is 6.58. The van der Waals surface area contributed by atoms with E-state index in [4.69, 9.17) is 15.7 Å². The lowest BCUT2D eigenvalue weighted by molar-refractivity contribution is -0.115. The number of carbonyl (C=O) groups is 1. The second-order valence-electron chi connectivity index (χ2n) is 6.45. The monoisotopic (exact) mass is 333 g/mol. The lowest BCUT2D eigenvalue weighted by Crippen LogP contribution is -2.13. The molecule has 2 aromatic heterocycles. The van der Waals surface area contributed by atoms with Gasteiger partial charge in [-0.25, -0.2) is 9.97 Å². The quantitative estimate of drug-likeness (QED) is 0.689. The SMILES string of the molecule is CC1CCc2c(sc3nc(C4CC4)nc(SCC(N)=O)c23)C1. The highest BCUT2D eigenvalue weighted by Crippen LogP contribution is 2.44. The lowest BCUT2D eigenvalue weighted by atomic mass is 9.89. The van der Waals surface area contributed by atoms with Crippen LogP contribution in [0.1, 0.15) is 48.4 Å². The van der Waals surface area contributed by atoms with Crippen LogP contribution < -0.4 is 5.73 Å². The summed E-state index contributed by atoms with van der Waals surface area (Å²) in [5.74, 6) is 2.24. The molecule has 22 heavy (non-hydrogen) atoms. The van der Waals surface area contributed by atoms with E-state index in [0.29, 0.717) is 5.92 Å². The second-order valence-corrected chi connectivity index (χ2v) is 8.50. The van der Waals surface area contributed by atoms with Crippen LogP contribution >= 0.6 is 23.1 Å².